The molecule has 0 spiro atoms. The van der Waals surface area contributed by atoms with Crippen LogP contribution in [0, 0.1) is 6.92 Å². The third kappa shape index (κ3) is 3.20. The number of aromatic nitrogens is 1. The first kappa shape index (κ1) is 12.8. The minimum absolute atomic E-state index is 0.0756. The van der Waals surface area contributed by atoms with E-state index in [0.29, 0.717) is 12.2 Å². The van der Waals surface area contributed by atoms with Crippen molar-refractivity contribution in [3.63, 3.8) is 0 Å². The minimum atomic E-state index is -0.254. The molecule has 0 saturated carbocycles. The highest BCUT2D eigenvalue weighted by atomic mass is 79.9. The highest BCUT2D eigenvalue weighted by Gasteiger charge is 2.13. The van der Waals surface area contributed by atoms with E-state index >= 15 is 0 Å². The van der Waals surface area contributed by atoms with Crippen molar-refractivity contribution in [2.45, 2.75) is 11.8 Å². The van der Waals surface area contributed by atoms with Crippen LogP contribution in [0.15, 0.2) is 40.9 Å². The molecular weight excluding hydrogens is 296 g/mol. The molecule has 1 aromatic carbocycles. The van der Waals surface area contributed by atoms with Crippen molar-refractivity contribution in [3.8, 4) is 0 Å². The molecule has 0 bridgehead atoms. The molecule has 1 amide bonds. The molecule has 2 rings (SSSR count). The molecule has 2 aromatic rings. The SMILES string of the molecule is Cc1cc(C(=O)NCC(Br)c2ccccc2)on1. The highest BCUT2D eigenvalue weighted by Crippen LogP contribution is 2.21. The number of halogens is 1. The number of carbonyl (C=O) groups is 1. The van der Waals surface area contributed by atoms with E-state index in [2.05, 4.69) is 26.4 Å². The smallest absolute Gasteiger partial charge is 0.289 e. The average molecular weight is 309 g/mol. The standard InChI is InChI=1S/C13H13BrN2O2/c1-9-7-12(18-16-9)13(17)15-8-11(14)10-5-3-2-4-6-10/h2-7,11H,8H2,1H3,(H,15,17). The molecule has 5 heteroatoms. The number of hydrogen-bond donors (Lipinski definition) is 1. The van der Waals surface area contributed by atoms with Crippen LogP contribution in [-0.2, 0) is 0 Å². The maximum atomic E-state index is 11.7. The summed E-state index contributed by atoms with van der Waals surface area (Å²) in [6, 6.07) is 11.5. The maximum Gasteiger partial charge on any atom is 0.289 e. The van der Waals surface area contributed by atoms with E-state index in [9.17, 15) is 4.79 Å². The van der Waals surface area contributed by atoms with Gasteiger partial charge in [0.2, 0.25) is 5.76 Å². The predicted octanol–water partition coefficient (Wildman–Crippen LogP) is 2.85. The van der Waals surface area contributed by atoms with Crippen LogP contribution < -0.4 is 5.32 Å². The molecule has 94 valence electrons. The zero-order valence-electron chi connectivity index (χ0n) is 9.89. The maximum absolute atomic E-state index is 11.7. The van der Waals surface area contributed by atoms with Crippen molar-refractivity contribution in [2.24, 2.45) is 0 Å². The molecule has 0 aliphatic rings. The Bertz CT molecular complexity index is 525. The summed E-state index contributed by atoms with van der Waals surface area (Å²) in [7, 11) is 0. The number of nitrogens with zero attached hydrogens (tertiary/aromatic N) is 1. The van der Waals surface area contributed by atoms with Crippen LogP contribution >= 0.6 is 15.9 Å². The van der Waals surface area contributed by atoms with E-state index in [1.54, 1.807) is 13.0 Å². The minimum Gasteiger partial charge on any atom is -0.351 e. The molecule has 0 saturated heterocycles. The lowest BCUT2D eigenvalue weighted by Crippen LogP contribution is -2.26. The van der Waals surface area contributed by atoms with Crippen molar-refractivity contribution in [2.75, 3.05) is 6.54 Å². The summed E-state index contributed by atoms with van der Waals surface area (Å²) in [6.07, 6.45) is 0. The van der Waals surface area contributed by atoms with Gasteiger partial charge in [-0.1, -0.05) is 51.4 Å². The summed E-state index contributed by atoms with van der Waals surface area (Å²) < 4.78 is 4.89. The summed E-state index contributed by atoms with van der Waals surface area (Å²) in [5, 5.41) is 6.47. The van der Waals surface area contributed by atoms with Gasteiger partial charge in [0, 0.05) is 12.6 Å². The Hall–Kier alpha value is -1.62. The van der Waals surface area contributed by atoms with Crippen molar-refractivity contribution in [3.05, 3.63) is 53.4 Å². The number of hydrogen-bond acceptors (Lipinski definition) is 3. The first-order chi connectivity index (χ1) is 8.66. The number of alkyl halides is 1. The van der Waals surface area contributed by atoms with Crippen LogP contribution in [0.3, 0.4) is 0 Å². The van der Waals surface area contributed by atoms with Gasteiger partial charge in [0.25, 0.3) is 5.91 Å². The number of aryl methyl sites for hydroxylation is 1. The van der Waals surface area contributed by atoms with Gasteiger partial charge in [-0.2, -0.15) is 0 Å². The van der Waals surface area contributed by atoms with Gasteiger partial charge in [0.05, 0.1) is 10.5 Å². The largest absolute Gasteiger partial charge is 0.351 e. The summed E-state index contributed by atoms with van der Waals surface area (Å²) in [4.78, 5) is 11.8. The summed E-state index contributed by atoms with van der Waals surface area (Å²) >= 11 is 3.53. The zero-order chi connectivity index (χ0) is 13.0. The van der Waals surface area contributed by atoms with Gasteiger partial charge in [-0.05, 0) is 12.5 Å². The Morgan fingerprint density at radius 2 is 2.17 bits per heavy atom. The Morgan fingerprint density at radius 1 is 1.44 bits per heavy atom. The lowest BCUT2D eigenvalue weighted by atomic mass is 10.1. The van der Waals surface area contributed by atoms with Gasteiger partial charge in [0.1, 0.15) is 0 Å². The molecule has 1 N–H and O–H groups in total. The predicted molar refractivity (Wildman–Crippen MR) is 71.7 cm³/mol. The molecule has 1 unspecified atom stereocenters. The Balaban J connectivity index is 1.90. The third-order valence-electron chi connectivity index (χ3n) is 2.45. The Kier molecular flexibility index (Phi) is 4.15. The first-order valence-corrected chi connectivity index (χ1v) is 6.49. The fraction of sp³-hybridized carbons (Fsp3) is 0.231. The van der Waals surface area contributed by atoms with E-state index < -0.39 is 0 Å². The van der Waals surface area contributed by atoms with E-state index in [-0.39, 0.29) is 16.5 Å². The Morgan fingerprint density at radius 3 is 2.78 bits per heavy atom. The van der Waals surface area contributed by atoms with Gasteiger partial charge < -0.3 is 9.84 Å². The molecule has 4 nitrogen and oxygen atoms in total. The van der Waals surface area contributed by atoms with E-state index in [1.807, 2.05) is 30.3 Å². The zero-order valence-corrected chi connectivity index (χ0v) is 11.5. The lowest BCUT2D eigenvalue weighted by molar-refractivity contribution is 0.0917. The normalized spacial score (nSPS) is 12.1. The monoisotopic (exact) mass is 308 g/mol. The van der Waals surface area contributed by atoms with E-state index in [1.165, 1.54) is 0 Å². The van der Waals surface area contributed by atoms with Gasteiger partial charge in [-0.25, -0.2) is 0 Å². The molecular formula is C13H13BrN2O2. The topological polar surface area (TPSA) is 55.1 Å². The van der Waals surface area contributed by atoms with Crippen molar-refractivity contribution >= 4 is 21.8 Å². The molecule has 18 heavy (non-hydrogen) atoms. The van der Waals surface area contributed by atoms with Crippen LogP contribution in [0.2, 0.25) is 0 Å². The average Bonchev–Trinajstić information content (AvgIpc) is 2.83. The van der Waals surface area contributed by atoms with Gasteiger partial charge in [-0.15, -0.1) is 0 Å². The second-order valence-corrected chi connectivity index (χ2v) is 5.03. The Labute approximate surface area is 113 Å². The number of benzene rings is 1. The molecule has 1 heterocycles. The second-order valence-electron chi connectivity index (χ2n) is 3.92. The fourth-order valence-electron chi connectivity index (χ4n) is 1.52. The summed E-state index contributed by atoms with van der Waals surface area (Å²) in [6.45, 7) is 2.26. The number of carbonyl (C=O) groups excluding carboxylic acids is 1. The lowest BCUT2D eigenvalue weighted by Gasteiger charge is -2.10. The van der Waals surface area contributed by atoms with Crippen molar-refractivity contribution in [1.29, 1.82) is 0 Å². The quantitative estimate of drug-likeness (QED) is 0.884. The molecule has 0 aliphatic carbocycles. The van der Waals surface area contributed by atoms with Crippen LogP contribution in [0.1, 0.15) is 26.6 Å². The van der Waals surface area contributed by atoms with Crippen molar-refractivity contribution < 1.29 is 9.32 Å². The van der Waals surface area contributed by atoms with Gasteiger partial charge >= 0.3 is 0 Å². The van der Waals surface area contributed by atoms with Gasteiger partial charge in [-0.3, -0.25) is 4.79 Å². The van der Waals surface area contributed by atoms with Crippen LogP contribution in [0.5, 0.6) is 0 Å². The molecule has 1 aromatic heterocycles. The first-order valence-electron chi connectivity index (χ1n) is 5.57. The molecule has 0 radical (unpaired) electrons. The van der Waals surface area contributed by atoms with Crippen LogP contribution in [-0.4, -0.2) is 17.6 Å². The van der Waals surface area contributed by atoms with E-state index in [4.69, 9.17) is 4.52 Å². The van der Waals surface area contributed by atoms with Crippen molar-refractivity contribution in [1.82, 2.24) is 10.5 Å². The second kappa shape index (κ2) is 5.82. The number of rotatable bonds is 4. The highest BCUT2D eigenvalue weighted by molar-refractivity contribution is 9.09. The third-order valence-corrected chi connectivity index (χ3v) is 3.31. The van der Waals surface area contributed by atoms with Crippen LogP contribution in [0.25, 0.3) is 0 Å². The van der Waals surface area contributed by atoms with E-state index in [0.717, 1.165) is 5.56 Å². The summed E-state index contributed by atoms with van der Waals surface area (Å²) in [5.41, 5.74) is 1.81. The van der Waals surface area contributed by atoms with Crippen LogP contribution in [0.4, 0.5) is 0 Å². The fourth-order valence-corrected chi connectivity index (χ4v) is 1.99. The molecule has 0 fully saturated rings. The number of nitrogens with one attached hydrogen (secondary N) is 1. The molecule has 0 aliphatic heterocycles. The van der Waals surface area contributed by atoms with Gasteiger partial charge in [0.15, 0.2) is 0 Å². The molecule has 1 atom stereocenters. The summed E-state index contributed by atoms with van der Waals surface area (Å²) in [5.74, 6) is -0.0174. The number of amides is 1.